The maximum absolute atomic E-state index is 4.39. The van der Waals surface area contributed by atoms with Gasteiger partial charge in [0, 0.05) is 17.8 Å². The number of nitrogens with one attached hydrogen (secondary N) is 2. The molecule has 2 heterocycles. The van der Waals surface area contributed by atoms with Gasteiger partial charge in [0.1, 0.15) is 11.6 Å². The zero-order chi connectivity index (χ0) is 10.7. The van der Waals surface area contributed by atoms with Crippen LogP contribution in [-0.2, 0) is 0 Å². The highest BCUT2D eigenvalue weighted by Gasteiger charge is 2.13. The summed E-state index contributed by atoms with van der Waals surface area (Å²) in [5, 5.41) is 6.82. The van der Waals surface area contributed by atoms with E-state index in [1.807, 2.05) is 19.9 Å². The van der Waals surface area contributed by atoms with Crippen molar-refractivity contribution < 1.29 is 0 Å². The van der Waals surface area contributed by atoms with Crippen molar-refractivity contribution in [2.45, 2.75) is 32.7 Å². The van der Waals surface area contributed by atoms with Gasteiger partial charge in [0.15, 0.2) is 0 Å². The molecule has 0 aliphatic carbocycles. The van der Waals surface area contributed by atoms with Crippen LogP contribution in [0.4, 0.5) is 5.82 Å². The summed E-state index contributed by atoms with van der Waals surface area (Å²) in [6.07, 6.45) is 2.34. The number of hydrogen-bond donors (Lipinski definition) is 2. The number of aromatic nitrogens is 2. The largest absolute Gasteiger partial charge is 0.367 e. The molecule has 0 bridgehead atoms. The Labute approximate surface area is 90.5 Å². The van der Waals surface area contributed by atoms with Crippen LogP contribution in [0.5, 0.6) is 0 Å². The van der Waals surface area contributed by atoms with Crippen molar-refractivity contribution >= 4 is 5.82 Å². The van der Waals surface area contributed by atoms with Crippen molar-refractivity contribution in [1.82, 2.24) is 15.3 Å². The van der Waals surface area contributed by atoms with E-state index in [1.54, 1.807) is 0 Å². The Balaban J connectivity index is 2.02. The SMILES string of the molecule is Cc1cc(NC2CCNCC2)nc(C)n1. The van der Waals surface area contributed by atoms with Gasteiger partial charge in [-0.2, -0.15) is 0 Å². The summed E-state index contributed by atoms with van der Waals surface area (Å²) in [6, 6.07) is 2.56. The molecule has 0 radical (unpaired) electrons. The standard InChI is InChI=1S/C11H18N4/c1-8-7-11(14-9(2)13-8)15-10-3-5-12-6-4-10/h7,10,12H,3-6H2,1-2H3,(H,13,14,15). The topological polar surface area (TPSA) is 49.8 Å². The summed E-state index contributed by atoms with van der Waals surface area (Å²) < 4.78 is 0. The maximum Gasteiger partial charge on any atom is 0.130 e. The summed E-state index contributed by atoms with van der Waals surface area (Å²) in [6.45, 7) is 6.13. The number of nitrogens with zero attached hydrogens (tertiary/aromatic N) is 2. The number of hydrogen-bond acceptors (Lipinski definition) is 4. The minimum atomic E-state index is 0.556. The van der Waals surface area contributed by atoms with E-state index in [4.69, 9.17) is 0 Å². The normalized spacial score (nSPS) is 17.7. The van der Waals surface area contributed by atoms with Gasteiger partial charge >= 0.3 is 0 Å². The van der Waals surface area contributed by atoms with E-state index >= 15 is 0 Å². The van der Waals surface area contributed by atoms with Gasteiger partial charge in [-0.05, 0) is 39.8 Å². The lowest BCUT2D eigenvalue weighted by molar-refractivity contribution is 0.478. The third-order valence-corrected chi connectivity index (χ3v) is 2.66. The molecule has 2 N–H and O–H groups in total. The molecule has 0 saturated carbocycles. The second-order valence-electron chi connectivity index (χ2n) is 4.11. The molecule has 0 unspecified atom stereocenters. The summed E-state index contributed by atoms with van der Waals surface area (Å²) >= 11 is 0. The van der Waals surface area contributed by atoms with Gasteiger partial charge in [-0.3, -0.25) is 0 Å². The van der Waals surface area contributed by atoms with Crippen molar-refractivity contribution in [3.63, 3.8) is 0 Å². The molecule has 1 aliphatic heterocycles. The zero-order valence-electron chi connectivity index (χ0n) is 9.38. The van der Waals surface area contributed by atoms with Crippen LogP contribution in [0.2, 0.25) is 0 Å². The summed E-state index contributed by atoms with van der Waals surface area (Å²) in [5.41, 5.74) is 1.03. The minimum Gasteiger partial charge on any atom is -0.367 e. The maximum atomic E-state index is 4.39. The first-order valence-corrected chi connectivity index (χ1v) is 5.53. The Morgan fingerprint density at radius 2 is 2.00 bits per heavy atom. The molecular weight excluding hydrogens is 188 g/mol. The van der Waals surface area contributed by atoms with Gasteiger partial charge in [0.25, 0.3) is 0 Å². The molecule has 4 heteroatoms. The molecule has 1 aromatic heterocycles. The number of rotatable bonds is 2. The van der Waals surface area contributed by atoms with Crippen LogP contribution in [0.1, 0.15) is 24.4 Å². The fourth-order valence-corrected chi connectivity index (χ4v) is 1.97. The minimum absolute atomic E-state index is 0.556. The summed E-state index contributed by atoms with van der Waals surface area (Å²) in [7, 11) is 0. The van der Waals surface area contributed by atoms with Crippen LogP contribution in [0.25, 0.3) is 0 Å². The zero-order valence-corrected chi connectivity index (χ0v) is 9.38. The van der Waals surface area contributed by atoms with Crippen LogP contribution in [-0.4, -0.2) is 29.1 Å². The predicted molar refractivity (Wildman–Crippen MR) is 61.0 cm³/mol. The fraction of sp³-hybridized carbons (Fsp3) is 0.636. The highest BCUT2D eigenvalue weighted by molar-refractivity contribution is 5.36. The van der Waals surface area contributed by atoms with Crippen molar-refractivity contribution in [3.05, 3.63) is 17.6 Å². The van der Waals surface area contributed by atoms with E-state index in [1.165, 1.54) is 12.8 Å². The molecule has 0 amide bonds. The lowest BCUT2D eigenvalue weighted by Gasteiger charge is -2.24. The number of anilines is 1. The van der Waals surface area contributed by atoms with Gasteiger partial charge in [0.2, 0.25) is 0 Å². The lowest BCUT2D eigenvalue weighted by atomic mass is 10.1. The van der Waals surface area contributed by atoms with E-state index in [9.17, 15) is 0 Å². The molecular formula is C11H18N4. The first-order chi connectivity index (χ1) is 7.24. The Bertz CT molecular complexity index is 311. The van der Waals surface area contributed by atoms with Crippen LogP contribution >= 0.6 is 0 Å². The monoisotopic (exact) mass is 206 g/mol. The number of aryl methyl sites for hydroxylation is 2. The van der Waals surface area contributed by atoms with E-state index in [0.29, 0.717) is 6.04 Å². The molecule has 82 valence electrons. The number of piperidine rings is 1. The lowest BCUT2D eigenvalue weighted by Crippen LogP contribution is -2.35. The van der Waals surface area contributed by atoms with E-state index < -0.39 is 0 Å². The second-order valence-corrected chi connectivity index (χ2v) is 4.11. The quantitative estimate of drug-likeness (QED) is 0.765. The molecule has 2 rings (SSSR count). The first kappa shape index (κ1) is 10.4. The van der Waals surface area contributed by atoms with Crippen molar-refractivity contribution in [1.29, 1.82) is 0 Å². The smallest absolute Gasteiger partial charge is 0.130 e. The molecule has 1 saturated heterocycles. The second kappa shape index (κ2) is 4.57. The fourth-order valence-electron chi connectivity index (χ4n) is 1.97. The average Bonchev–Trinajstić information content (AvgIpc) is 2.17. The Hall–Kier alpha value is -1.16. The van der Waals surface area contributed by atoms with E-state index in [2.05, 4.69) is 20.6 Å². The molecule has 1 aromatic rings. The van der Waals surface area contributed by atoms with Crippen LogP contribution in [0.15, 0.2) is 6.07 Å². The van der Waals surface area contributed by atoms with Crippen molar-refractivity contribution in [2.24, 2.45) is 0 Å². The highest BCUT2D eigenvalue weighted by Crippen LogP contribution is 2.12. The van der Waals surface area contributed by atoms with Gasteiger partial charge in [-0.15, -0.1) is 0 Å². The molecule has 0 aromatic carbocycles. The van der Waals surface area contributed by atoms with Gasteiger partial charge in [0.05, 0.1) is 0 Å². The molecule has 0 spiro atoms. The van der Waals surface area contributed by atoms with Gasteiger partial charge in [-0.25, -0.2) is 9.97 Å². The van der Waals surface area contributed by atoms with E-state index in [-0.39, 0.29) is 0 Å². The third kappa shape index (κ3) is 2.89. The van der Waals surface area contributed by atoms with Crippen LogP contribution < -0.4 is 10.6 Å². The van der Waals surface area contributed by atoms with Crippen molar-refractivity contribution in [2.75, 3.05) is 18.4 Å². The van der Waals surface area contributed by atoms with E-state index in [0.717, 1.165) is 30.4 Å². The Kier molecular flexibility index (Phi) is 3.16. The average molecular weight is 206 g/mol. The molecule has 4 nitrogen and oxygen atoms in total. The van der Waals surface area contributed by atoms with Gasteiger partial charge in [-0.1, -0.05) is 0 Å². The molecule has 1 aliphatic rings. The third-order valence-electron chi connectivity index (χ3n) is 2.66. The highest BCUT2D eigenvalue weighted by atomic mass is 15.1. The molecule has 15 heavy (non-hydrogen) atoms. The van der Waals surface area contributed by atoms with Crippen LogP contribution in [0.3, 0.4) is 0 Å². The van der Waals surface area contributed by atoms with Gasteiger partial charge < -0.3 is 10.6 Å². The predicted octanol–water partition coefficient (Wildman–Crippen LogP) is 1.26. The Morgan fingerprint density at radius 1 is 1.27 bits per heavy atom. The van der Waals surface area contributed by atoms with Crippen molar-refractivity contribution in [3.8, 4) is 0 Å². The summed E-state index contributed by atoms with van der Waals surface area (Å²) in [5.74, 6) is 1.80. The first-order valence-electron chi connectivity index (χ1n) is 5.53. The molecule has 1 fully saturated rings. The summed E-state index contributed by atoms with van der Waals surface area (Å²) in [4.78, 5) is 8.65. The Morgan fingerprint density at radius 3 is 2.67 bits per heavy atom. The molecule has 0 atom stereocenters. The van der Waals surface area contributed by atoms with Crippen LogP contribution in [0, 0.1) is 13.8 Å².